The molecule has 0 amide bonds. The number of hydrogen-bond acceptors (Lipinski definition) is 2. The van der Waals surface area contributed by atoms with Gasteiger partial charge in [-0.3, -0.25) is 0 Å². The Morgan fingerprint density at radius 2 is 2.16 bits per heavy atom. The summed E-state index contributed by atoms with van der Waals surface area (Å²) in [5.74, 6) is 0. The molecular formula is C17H28N2. The molecule has 2 rings (SSSR count). The van der Waals surface area contributed by atoms with Crippen LogP contribution >= 0.6 is 0 Å². The van der Waals surface area contributed by atoms with Crippen molar-refractivity contribution < 1.29 is 0 Å². The molecule has 1 aliphatic rings. The van der Waals surface area contributed by atoms with Crippen LogP contribution < -0.4 is 10.2 Å². The first-order valence-electron chi connectivity index (χ1n) is 7.71. The molecular weight excluding hydrogens is 232 g/mol. The van der Waals surface area contributed by atoms with Crippen molar-refractivity contribution in [1.29, 1.82) is 0 Å². The lowest BCUT2D eigenvalue weighted by Crippen LogP contribution is -2.47. The zero-order chi connectivity index (χ0) is 13.7. The standard InChI is InChI=1S/C17H28N2/c1-4-17(10-7-11-18-13-17)14-19(5-2)16-9-6-8-15(3)12-16/h6,8-9,12,18H,4-5,7,10-11,13-14H2,1-3H3. The fraction of sp³-hybridized carbons (Fsp3) is 0.647. The van der Waals surface area contributed by atoms with Gasteiger partial charge in [-0.2, -0.15) is 0 Å². The van der Waals surface area contributed by atoms with Crippen LogP contribution in [0.5, 0.6) is 0 Å². The first-order valence-corrected chi connectivity index (χ1v) is 7.71. The third-order valence-corrected chi connectivity index (χ3v) is 4.59. The van der Waals surface area contributed by atoms with Gasteiger partial charge in [-0.15, -0.1) is 0 Å². The highest BCUT2D eigenvalue weighted by Crippen LogP contribution is 2.32. The maximum Gasteiger partial charge on any atom is 0.0368 e. The van der Waals surface area contributed by atoms with E-state index < -0.39 is 0 Å². The molecule has 1 unspecified atom stereocenters. The van der Waals surface area contributed by atoms with Crippen molar-refractivity contribution in [2.24, 2.45) is 5.41 Å². The highest BCUT2D eigenvalue weighted by atomic mass is 15.1. The molecule has 0 radical (unpaired) electrons. The van der Waals surface area contributed by atoms with Crippen molar-refractivity contribution >= 4 is 5.69 Å². The van der Waals surface area contributed by atoms with Crippen molar-refractivity contribution in [2.75, 3.05) is 31.1 Å². The summed E-state index contributed by atoms with van der Waals surface area (Å²) in [5.41, 5.74) is 3.18. The van der Waals surface area contributed by atoms with Gasteiger partial charge in [0.2, 0.25) is 0 Å². The number of benzene rings is 1. The fourth-order valence-corrected chi connectivity index (χ4v) is 3.19. The van der Waals surface area contributed by atoms with E-state index in [1.165, 1.54) is 50.1 Å². The molecule has 1 atom stereocenters. The molecule has 0 bridgehead atoms. The van der Waals surface area contributed by atoms with Crippen LogP contribution in [0.4, 0.5) is 5.69 Å². The monoisotopic (exact) mass is 260 g/mol. The Labute approximate surface area is 118 Å². The second kappa shape index (κ2) is 6.42. The quantitative estimate of drug-likeness (QED) is 0.870. The van der Waals surface area contributed by atoms with Gasteiger partial charge < -0.3 is 10.2 Å². The van der Waals surface area contributed by atoms with Crippen LogP contribution in [0.1, 0.15) is 38.7 Å². The van der Waals surface area contributed by atoms with Crippen LogP contribution in [0.2, 0.25) is 0 Å². The van der Waals surface area contributed by atoms with Crippen molar-refractivity contribution in [3.63, 3.8) is 0 Å². The molecule has 0 aliphatic carbocycles. The highest BCUT2D eigenvalue weighted by Gasteiger charge is 2.32. The summed E-state index contributed by atoms with van der Waals surface area (Å²) in [4.78, 5) is 2.55. The molecule has 0 aromatic heterocycles. The summed E-state index contributed by atoms with van der Waals surface area (Å²) in [6.45, 7) is 11.4. The Hall–Kier alpha value is -1.02. The minimum atomic E-state index is 0.456. The summed E-state index contributed by atoms with van der Waals surface area (Å²) >= 11 is 0. The van der Waals surface area contributed by atoms with Gasteiger partial charge >= 0.3 is 0 Å². The van der Waals surface area contributed by atoms with Gasteiger partial charge in [0.1, 0.15) is 0 Å². The van der Waals surface area contributed by atoms with E-state index in [1.54, 1.807) is 0 Å². The summed E-state index contributed by atoms with van der Waals surface area (Å²) < 4.78 is 0. The van der Waals surface area contributed by atoms with Crippen LogP contribution in [-0.4, -0.2) is 26.2 Å². The Morgan fingerprint density at radius 3 is 2.74 bits per heavy atom. The Kier molecular flexibility index (Phi) is 4.87. The normalized spacial score (nSPS) is 23.3. The SMILES string of the molecule is CCN(CC1(CC)CCCNC1)c1cccc(C)c1. The van der Waals surface area contributed by atoms with Crippen molar-refractivity contribution in [3.8, 4) is 0 Å². The molecule has 2 nitrogen and oxygen atoms in total. The average Bonchev–Trinajstić information content (AvgIpc) is 2.46. The Balaban J connectivity index is 2.13. The zero-order valence-electron chi connectivity index (χ0n) is 12.7. The lowest BCUT2D eigenvalue weighted by Gasteiger charge is -2.41. The van der Waals surface area contributed by atoms with Crippen LogP contribution in [0, 0.1) is 12.3 Å². The molecule has 106 valence electrons. The number of nitrogens with one attached hydrogen (secondary N) is 1. The summed E-state index contributed by atoms with van der Waals surface area (Å²) in [7, 11) is 0. The number of piperidine rings is 1. The van der Waals surface area contributed by atoms with E-state index in [9.17, 15) is 0 Å². The number of hydrogen-bond donors (Lipinski definition) is 1. The van der Waals surface area contributed by atoms with E-state index in [-0.39, 0.29) is 0 Å². The van der Waals surface area contributed by atoms with Gasteiger partial charge in [0.05, 0.1) is 0 Å². The van der Waals surface area contributed by atoms with E-state index in [0.29, 0.717) is 5.41 Å². The summed E-state index contributed by atoms with van der Waals surface area (Å²) in [6.07, 6.45) is 3.94. The second-order valence-corrected chi connectivity index (χ2v) is 5.99. The predicted molar refractivity (Wildman–Crippen MR) is 83.9 cm³/mol. The second-order valence-electron chi connectivity index (χ2n) is 5.99. The number of rotatable bonds is 5. The van der Waals surface area contributed by atoms with Gasteiger partial charge in [0, 0.05) is 30.7 Å². The maximum atomic E-state index is 3.59. The summed E-state index contributed by atoms with van der Waals surface area (Å²) in [6, 6.07) is 8.90. The molecule has 1 heterocycles. The smallest absolute Gasteiger partial charge is 0.0368 e. The van der Waals surface area contributed by atoms with Gasteiger partial charge in [0.25, 0.3) is 0 Å². The Bertz CT molecular complexity index is 394. The van der Waals surface area contributed by atoms with E-state index in [0.717, 1.165) is 6.54 Å². The number of anilines is 1. The van der Waals surface area contributed by atoms with Crippen molar-refractivity contribution in [3.05, 3.63) is 29.8 Å². The molecule has 1 saturated heterocycles. The lowest BCUT2D eigenvalue weighted by molar-refractivity contribution is 0.205. The van der Waals surface area contributed by atoms with Crippen LogP contribution in [0.15, 0.2) is 24.3 Å². The lowest BCUT2D eigenvalue weighted by atomic mass is 9.77. The third-order valence-electron chi connectivity index (χ3n) is 4.59. The highest BCUT2D eigenvalue weighted by molar-refractivity contribution is 5.48. The Morgan fingerprint density at radius 1 is 1.32 bits per heavy atom. The maximum absolute atomic E-state index is 3.59. The van der Waals surface area contributed by atoms with Gasteiger partial charge in [-0.05, 0) is 57.4 Å². The molecule has 0 saturated carbocycles. The minimum absolute atomic E-state index is 0.456. The first kappa shape index (κ1) is 14.4. The molecule has 0 spiro atoms. The fourth-order valence-electron chi connectivity index (χ4n) is 3.19. The zero-order valence-corrected chi connectivity index (χ0v) is 12.7. The molecule has 19 heavy (non-hydrogen) atoms. The van der Waals surface area contributed by atoms with Gasteiger partial charge in [0.15, 0.2) is 0 Å². The molecule has 1 aromatic rings. The minimum Gasteiger partial charge on any atom is -0.371 e. The third kappa shape index (κ3) is 3.50. The molecule has 1 aromatic carbocycles. The largest absolute Gasteiger partial charge is 0.371 e. The number of aryl methyl sites for hydroxylation is 1. The van der Waals surface area contributed by atoms with Crippen LogP contribution in [0.3, 0.4) is 0 Å². The first-order chi connectivity index (χ1) is 9.19. The van der Waals surface area contributed by atoms with Gasteiger partial charge in [-0.25, -0.2) is 0 Å². The van der Waals surface area contributed by atoms with E-state index in [4.69, 9.17) is 0 Å². The molecule has 1 aliphatic heterocycles. The molecule has 1 fully saturated rings. The topological polar surface area (TPSA) is 15.3 Å². The van der Waals surface area contributed by atoms with Crippen molar-refractivity contribution in [1.82, 2.24) is 5.32 Å². The molecule has 2 heteroatoms. The van der Waals surface area contributed by atoms with Crippen LogP contribution in [-0.2, 0) is 0 Å². The number of nitrogens with zero attached hydrogens (tertiary/aromatic N) is 1. The van der Waals surface area contributed by atoms with Crippen molar-refractivity contribution in [2.45, 2.75) is 40.0 Å². The summed E-state index contributed by atoms with van der Waals surface area (Å²) in [5, 5.41) is 3.59. The van der Waals surface area contributed by atoms with Crippen LogP contribution in [0.25, 0.3) is 0 Å². The van der Waals surface area contributed by atoms with Gasteiger partial charge in [-0.1, -0.05) is 19.1 Å². The van der Waals surface area contributed by atoms with E-state index in [2.05, 4.69) is 55.3 Å². The van der Waals surface area contributed by atoms with E-state index >= 15 is 0 Å². The van der Waals surface area contributed by atoms with E-state index in [1.807, 2.05) is 0 Å². The average molecular weight is 260 g/mol. The molecule has 1 N–H and O–H groups in total. The predicted octanol–water partition coefficient (Wildman–Crippen LogP) is 3.60.